The van der Waals surface area contributed by atoms with E-state index in [9.17, 15) is 4.79 Å². The van der Waals surface area contributed by atoms with Gasteiger partial charge in [0.15, 0.2) is 11.2 Å². The van der Waals surface area contributed by atoms with Crippen molar-refractivity contribution < 1.29 is 9.53 Å². The number of nitrogens with zero attached hydrogens (tertiary/aromatic N) is 2. The third kappa shape index (κ3) is 3.54. The summed E-state index contributed by atoms with van der Waals surface area (Å²) in [5.41, 5.74) is 0. The van der Waals surface area contributed by atoms with Crippen molar-refractivity contribution in [1.29, 1.82) is 0 Å². The van der Waals surface area contributed by atoms with Gasteiger partial charge in [0, 0.05) is 23.1 Å². The number of carbonyl (C=O) groups is 1. The van der Waals surface area contributed by atoms with Gasteiger partial charge >= 0.3 is 0 Å². The molecule has 19 heavy (non-hydrogen) atoms. The van der Waals surface area contributed by atoms with Gasteiger partial charge in [-0.3, -0.25) is 9.69 Å². The molecule has 0 radical (unpaired) electrons. The van der Waals surface area contributed by atoms with Crippen LogP contribution < -0.4 is 9.64 Å². The first-order valence-corrected chi connectivity index (χ1v) is 7.34. The second-order valence-electron chi connectivity index (χ2n) is 3.93. The first kappa shape index (κ1) is 14.0. The number of hydrogen-bond acceptors (Lipinski definition) is 4. The highest BCUT2D eigenvalue weighted by molar-refractivity contribution is 9.10. The number of anilines is 1. The number of rotatable bonds is 4. The molecule has 0 N–H and O–H groups in total. The predicted molar refractivity (Wildman–Crippen MR) is 79.8 cm³/mol. The molecule has 1 atom stereocenters. The normalized spacial score (nSPS) is 11.9. The van der Waals surface area contributed by atoms with Crippen LogP contribution in [0.5, 0.6) is 5.75 Å². The zero-order chi connectivity index (χ0) is 13.8. The molecule has 0 saturated carbocycles. The first-order valence-electron chi connectivity index (χ1n) is 5.67. The second-order valence-corrected chi connectivity index (χ2v) is 5.71. The van der Waals surface area contributed by atoms with Gasteiger partial charge < -0.3 is 4.74 Å². The molecular formula is C13H13BrN2O2S. The van der Waals surface area contributed by atoms with Crippen molar-refractivity contribution in [2.24, 2.45) is 0 Å². The smallest absolute Gasteiger partial charge is 0.269 e. The number of hydrogen-bond donors (Lipinski definition) is 0. The molecule has 0 fully saturated rings. The Morgan fingerprint density at radius 1 is 1.42 bits per heavy atom. The largest absolute Gasteiger partial charge is 0.481 e. The first-order chi connectivity index (χ1) is 9.08. The molecule has 6 heteroatoms. The van der Waals surface area contributed by atoms with Crippen LogP contribution in [-0.2, 0) is 4.79 Å². The molecule has 100 valence electrons. The van der Waals surface area contributed by atoms with Gasteiger partial charge in [-0.15, -0.1) is 11.3 Å². The van der Waals surface area contributed by atoms with Crippen molar-refractivity contribution in [3.63, 3.8) is 0 Å². The summed E-state index contributed by atoms with van der Waals surface area (Å²) < 4.78 is 6.59. The van der Waals surface area contributed by atoms with Crippen molar-refractivity contribution >= 4 is 38.3 Å². The summed E-state index contributed by atoms with van der Waals surface area (Å²) in [7, 11) is 1.70. The molecular weight excluding hydrogens is 328 g/mol. The molecule has 0 bridgehead atoms. The Hall–Kier alpha value is -1.40. The molecule has 0 aliphatic rings. The molecule has 0 aliphatic carbocycles. The molecule has 1 heterocycles. The molecule has 0 spiro atoms. The minimum absolute atomic E-state index is 0.127. The summed E-state index contributed by atoms with van der Waals surface area (Å²) in [6.45, 7) is 1.73. The molecule has 2 aromatic rings. The zero-order valence-electron chi connectivity index (χ0n) is 10.5. The second kappa shape index (κ2) is 6.16. The lowest BCUT2D eigenvalue weighted by molar-refractivity contribution is -0.124. The van der Waals surface area contributed by atoms with Crippen molar-refractivity contribution in [3.8, 4) is 5.75 Å². The Labute approximate surface area is 124 Å². The van der Waals surface area contributed by atoms with E-state index in [2.05, 4.69) is 20.9 Å². The summed E-state index contributed by atoms with van der Waals surface area (Å²) >= 11 is 4.77. The topological polar surface area (TPSA) is 42.4 Å². The fraction of sp³-hybridized carbons (Fsp3) is 0.231. The summed E-state index contributed by atoms with van der Waals surface area (Å²) in [5, 5.41) is 2.50. The Morgan fingerprint density at radius 3 is 2.68 bits per heavy atom. The Bertz CT molecular complexity index is 542. The van der Waals surface area contributed by atoms with E-state index < -0.39 is 6.10 Å². The molecule has 2 rings (SSSR count). The maximum absolute atomic E-state index is 12.2. The number of likely N-dealkylation sites (N-methyl/N-ethyl adjacent to an activating group) is 1. The molecule has 0 aliphatic heterocycles. The zero-order valence-corrected chi connectivity index (χ0v) is 12.9. The van der Waals surface area contributed by atoms with Crippen LogP contribution in [0.1, 0.15) is 6.92 Å². The van der Waals surface area contributed by atoms with E-state index in [1.807, 2.05) is 29.6 Å². The number of thiazole rings is 1. The summed E-state index contributed by atoms with van der Waals surface area (Å²) in [6, 6.07) is 7.38. The lowest BCUT2D eigenvalue weighted by atomic mass is 10.3. The van der Waals surface area contributed by atoms with Crippen molar-refractivity contribution in [2.45, 2.75) is 13.0 Å². The SMILES string of the molecule is CC(Oc1ccc(Br)cc1)C(=O)N(C)c1nccs1. The highest BCUT2D eigenvalue weighted by Gasteiger charge is 2.21. The highest BCUT2D eigenvalue weighted by atomic mass is 79.9. The quantitative estimate of drug-likeness (QED) is 0.857. The van der Waals surface area contributed by atoms with Crippen molar-refractivity contribution in [1.82, 2.24) is 4.98 Å². The third-order valence-corrected chi connectivity index (χ3v) is 3.89. The molecule has 0 saturated heterocycles. The van der Waals surface area contributed by atoms with Crippen LogP contribution in [0.2, 0.25) is 0 Å². The van der Waals surface area contributed by atoms with Crippen LogP contribution in [0.25, 0.3) is 0 Å². The van der Waals surface area contributed by atoms with E-state index in [0.717, 1.165) is 4.47 Å². The monoisotopic (exact) mass is 340 g/mol. The maximum Gasteiger partial charge on any atom is 0.269 e. The minimum atomic E-state index is -0.560. The van der Waals surface area contributed by atoms with Gasteiger partial charge in [0.1, 0.15) is 5.75 Å². The van der Waals surface area contributed by atoms with E-state index in [4.69, 9.17) is 4.74 Å². The summed E-state index contributed by atoms with van der Waals surface area (Å²) in [4.78, 5) is 17.8. The van der Waals surface area contributed by atoms with Gasteiger partial charge in [0.25, 0.3) is 5.91 Å². The molecule has 1 amide bonds. The van der Waals surface area contributed by atoms with Crippen molar-refractivity contribution in [3.05, 3.63) is 40.3 Å². The van der Waals surface area contributed by atoms with Gasteiger partial charge in [0.2, 0.25) is 0 Å². The van der Waals surface area contributed by atoms with E-state index in [0.29, 0.717) is 10.9 Å². The van der Waals surface area contributed by atoms with Gasteiger partial charge in [-0.05, 0) is 31.2 Å². The molecule has 1 aromatic carbocycles. The number of ether oxygens (including phenoxy) is 1. The van der Waals surface area contributed by atoms with Gasteiger partial charge in [-0.1, -0.05) is 15.9 Å². The molecule has 4 nitrogen and oxygen atoms in total. The van der Waals surface area contributed by atoms with Crippen LogP contribution in [-0.4, -0.2) is 24.0 Å². The fourth-order valence-electron chi connectivity index (χ4n) is 1.52. The van der Waals surface area contributed by atoms with E-state index in [-0.39, 0.29) is 5.91 Å². The predicted octanol–water partition coefficient (Wildman–Crippen LogP) is 3.34. The average molecular weight is 341 g/mol. The number of benzene rings is 1. The Morgan fingerprint density at radius 2 is 2.11 bits per heavy atom. The summed E-state index contributed by atoms with van der Waals surface area (Å²) in [6.07, 6.45) is 1.11. The third-order valence-electron chi connectivity index (χ3n) is 2.51. The number of aromatic nitrogens is 1. The van der Waals surface area contributed by atoms with E-state index in [1.54, 1.807) is 20.2 Å². The van der Waals surface area contributed by atoms with Gasteiger partial charge in [0.05, 0.1) is 0 Å². The summed E-state index contributed by atoms with van der Waals surface area (Å²) in [5.74, 6) is 0.537. The highest BCUT2D eigenvalue weighted by Crippen LogP contribution is 2.20. The fourth-order valence-corrected chi connectivity index (χ4v) is 2.39. The van der Waals surface area contributed by atoms with Crippen LogP contribution in [0.3, 0.4) is 0 Å². The lowest BCUT2D eigenvalue weighted by Gasteiger charge is -2.20. The molecule has 1 unspecified atom stereocenters. The van der Waals surface area contributed by atoms with E-state index in [1.165, 1.54) is 16.2 Å². The maximum atomic E-state index is 12.2. The minimum Gasteiger partial charge on any atom is -0.481 e. The van der Waals surface area contributed by atoms with E-state index >= 15 is 0 Å². The lowest BCUT2D eigenvalue weighted by Crippen LogP contribution is -2.37. The number of amides is 1. The number of carbonyl (C=O) groups excluding carboxylic acids is 1. The van der Waals surface area contributed by atoms with Crippen LogP contribution in [0, 0.1) is 0 Å². The number of halogens is 1. The van der Waals surface area contributed by atoms with Crippen molar-refractivity contribution in [2.75, 3.05) is 11.9 Å². The van der Waals surface area contributed by atoms with Crippen LogP contribution in [0.4, 0.5) is 5.13 Å². The van der Waals surface area contributed by atoms with Crippen LogP contribution >= 0.6 is 27.3 Å². The van der Waals surface area contributed by atoms with Gasteiger partial charge in [-0.2, -0.15) is 0 Å². The standard InChI is InChI=1S/C13H13BrN2O2S/c1-9(18-11-5-3-10(14)4-6-11)12(17)16(2)13-15-7-8-19-13/h3-9H,1-2H3. The van der Waals surface area contributed by atoms with Crippen LogP contribution in [0.15, 0.2) is 40.3 Å². The average Bonchev–Trinajstić information content (AvgIpc) is 2.93. The Kier molecular flexibility index (Phi) is 4.55. The molecule has 1 aromatic heterocycles. The van der Waals surface area contributed by atoms with Gasteiger partial charge in [-0.25, -0.2) is 4.98 Å². The Balaban J connectivity index is 2.01.